The Morgan fingerprint density at radius 2 is 2.40 bits per heavy atom. The standard InChI is InChI=1S/C7H9NOS/c1-5-2-3-7(10-5)6(9)4-8/h2-3H,4,8H2,1H3. The summed E-state index contributed by atoms with van der Waals surface area (Å²) in [6.45, 7) is 2.08. The zero-order chi connectivity index (χ0) is 7.56. The van der Waals surface area contributed by atoms with Crippen LogP contribution < -0.4 is 5.73 Å². The van der Waals surface area contributed by atoms with Crippen molar-refractivity contribution in [3.05, 3.63) is 21.9 Å². The van der Waals surface area contributed by atoms with E-state index in [9.17, 15) is 4.79 Å². The largest absolute Gasteiger partial charge is 0.324 e. The molecule has 0 bridgehead atoms. The van der Waals surface area contributed by atoms with Crippen molar-refractivity contribution in [1.82, 2.24) is 0 Å². The smallest absolute Gasteiger partial charge is 0.186 e. The molecule has 0 fully saturated rings. The summed E-state index contributed by atoms with van der Waals surface area (Å²) in [4.78, 5) is 12.8. The predicted molar refractivity (Wildman–Crippen MR) is 42.4 cm³/mol. The van der Waals surface area contributed by atoms with E-state index in [-0.39, 0.29) is 12.3 Å². The summed E-state index contributed by atoms with van der Waals surface area (Å²) in [5.74, 6) is 0.0260. The topological polar surface area (TPSA) is 43.1 Å². The average molecular weight is 155 g/mol. The van der Waals surface area contributed by atoms with Crippen LogP contribution in [0, 0.1) is 6.92 Å². The average Bonchev–Trinajstić information content (AvgIpc) is 2.34. The molecule has 2 nitrogen and oxygen atoms in total. The molecule has 10 heavy (non-hydrogen) atoms. The number of ketones is 1. The van der Waals surface area contributed by atoms with Gasteiger partial charge >= 0.3 is 0 Å². The van der Waals surface area contributed by atoms with Gasteiger partial charge in [0.25, 0.3) is 0 Å². The number of hydrogen-bond acceptors (Lipinski definition) is 3. The number of carbonyl (C=O) groups excluding carboxylic acids is 1. The molecule has 0 aliphatic rings. The first-order chi connectivity index (χ1) is 4.74. The monoisotopic (exact) mass is 155 g/mol. The maximum atomic E-state index is 10.9. The Morgan fingerprint density at radius 3 is 2.80 bits per heavy atom. The molecule has 0 aromatic carbocycles. The Hall–Kier alpha value is -0.670. The molecule has 0 spiro atoms. The Bertz CT molecular complexity index is 242. The minimum absolute atomic E-state index is 0.0260. The molecule has 2 N–H and O–H groups in total. The van der Waals surface area contributed by atoms with Crippen molar-refractivity contribution in [2.45, 2.75) is 6.92 Å². The van der Waals surface area contributed by atoms with Crippen LogP contribution in [0.1, 0.15) is 14.5 Å². The quantitative estimate of drug-likeness (QED) is 0.652. The third kappa shape index (κ3) is 1.43. The molecule has 0 aliphatic carbocycles. The lowest BCUT2D eigenvalue weighted by Gasteiger charge is -1.87. The minimum Gasteiger partial charge on any atom is -0.324 e. The van der Waals surface area contributed by atoms with Crippen LogP contribution in [-0.4, -0.2) is 12.3 Å². The van der Waals surface area contributed by atoms with Gasteiger partial charge in [-0.15, -0.1) is 11.3 Å². The number of nitrogens with two attached hydrogens (primary N) is 1. The number of rotatable bonds is 2. The lowest BCUT2D eigenvalue weighted by Crippen LogP contribution is -2.11. The van der Waals surface area contributed by atoms with E-state index in [1.165, 1.54) is 11.3 Å². The molecule has 0 aliphatic heterocycles. The number of aryl methyl sites for hydroxylation is 1. The molecule has 1 aromatic rings. The second-order valence-corrected chi connectivity index (χ2v) is 3.33. The van der Waals surface area contributed by atoms with Crippen molar-refractivity contribution in [2.24, 2.45) is 5.73 Å². The zero-order valence-electron chi connectivity index (χ0n) is 5.76. The van der Waals surface area contributed by atoms with Gasteiger partial charge in [-0.05, 0) is 19.1 Å². The van der Waals surface area contributed by atoms with E-state index >= 15 is 0 Å². The van der Waals surface area contributed by atoms with E-state index in [1.54, 1.807) is 0 Å². The van der Waals surface area contributed by atoms with Crippen LogP contribution in [0.15, 0.2) is 12.1 Å². The third-order valence-corrected chi connectivity index (χ3v) is 2.24. The molecule has 54 valence electrons. The van der Waals surface area contributed by atoms with Crippen LogP contribution >= 0.6 is 11.3 Å². The molecule has 0 saturated heterocycles. The number of hydrogen-bond donors (Lipinski definition) is 1. The molecule has 0 atom stereocenters. The molecule has 0 radical (unpaired) electrons. The highest BCUT2D eigenvalue weighted by molar-refractivity contribution is 7.14. The minimum atomic E-state index is 0.0260. The van der Waals surface area contributed by atoms with Gasteiger partial charge in [-0.1, -0.05) is 0 Å². The van der Waals surface area contributed by atoms with E-state index in [2.05, 4.69) is 0 Å². The molecule has 0 saturated carbocycles. The summed E-state index contributed by atoms with van der Waals surface area (Å²) in [5.41, 5.74) is 5.17. The van der Waals surface area contributed by atoms with Crippen LogP contribution in [0.25, 0.3) is 0 Å². The summed E-state index contributed by atoms with van der Waals surface area (Å²) in [7, 11) is 0. The van der Waals surface area contributed by atoms with E-state index in [0.717, 1.165) is 9.75 Å². The number of thiophene rings is 1. The van der Waals surface area contributed by atoms with Crippen molar-refractivity contribution in [3.8, 4) is 0 Å². The first-order valence-electron chi connectivity index (χ1n) is 3.03. The van der Waals surface area contributed by atoms with Crippen LogP contribution in [-0.2, 0) is 0 Å². The van der Waals surface area contributed by atoms with Gasteiger partial charge in [0.2, 0.25) is 0 Å². The maximum Gasteiger partial charge on any atom is 0.186 e. The molecule has 0 amide bonds. The fourth-order valence-electron chi connectivity index (χ4n) is 0.685. The lowest BCUT2D eigenvalue weighted by atomic mass is 10.3. The van der Waals surface area contributed by atoms with Crippen LogP contribution in [0.4, 0.5) is 0 Å². The van der Waals surface area contributed by atoms with Crippen molar-refractivity contribution in [1.29, 1.82) is 0 Å². The normalized spacial score (nSPS) is 9.80. The highest BCUT2D eigenvalue weighted by atomic mass is 32.1. The first kappa shape index (κ1) is 7.44. The summed E-state index contributed by atoms with van der Waals surface area (Å²) in [6.07, 6.45) is 0. The van der Waals surface area contributed by atoms with Gasteiger partial charge in [0.05, 0.1) is 11.4 Å². The van der Waals surface area contributed by atoms with Crippen LogP contribution in [0.3, 0.4) is 0 Å². The SMILES string of the molecule is Cc1ccc(C(=O)CN)s1. The summed E-state index contributed by atoms with van der Waals surface area (Å²) in [5, 5.41) is 0. The van der Waals surface area contributed by atoms with Crippen LogP contribution in [0.5, 0.6) is 0 Å². The maximum absolute atomic E-state index is 10.9. The summed E-state index contributed by atoms with van der Waals surface area (Å²) in [6, 6.07) is 3.74. The third-order valence-electron chi connectivity index (χ3n) is 1.20. The number of Topliss-reactive ketones (excluding diaryl/α,β-unsaturated/α-hetero) is 1. The van der Waals surface area contributed by atoms with Crippen molar-refractivity contribution < 1.29 is 4.79 Å². The van der Waals surface area contributed by atoms with E-state index in [0.29, 0.717) is 0 Å². The second kappa shape index (κ2) is 2.94. The highest BCUT2D eigenvalue weighted by Crippen LogP contribution is 2.14. The van der Waals surface area contributed by atoms with Gasteiger partial charge in [-0.25, -0.2) is 0 Å². The molecule has 1 aromatic heterocycles. The van der Waals surface area contributed by atoms with Gasteiger partial charge in [0.1, 0.15) is 0 Å². The number of carbonyl (C=O) groups is 1. The van der Waals surface area contributed by atoms with Gasteiger partial charge < -0.3 is 5.73 Å². The molecule has 3 heteroatoms. The fourth-order valence-corrected chi connectivity index (χ4v) is 1.50. The molecule has 1 rings (SSSR count). The Labute approximate surface area is 63.7 Å². The van der Waals surface area contributed by atoms with Gasteiger partial charge in [0.15, 0.2) is 5.78 Å². The molecular weight excluding hydrogens is 146 g/mol. The van der Waals surface area contributed by atoms with Crippen molar-refractivity contribution in [2.75, 3.05) is 6.54 Å². The van der Waals surface area contributed by atoms with Crippen molar-refractivity contribution in [3.63, 3.8) is 0 Å². The Morgan fingerprint density at radius 1 is 1.70 bits per heavy atom. The van der Waals surface area contributed by atoms with E-state index < -0.39 is 0 Å². The molecular formula is C7H9NOS. The Balaban J connectivity index is 2.85. The lowest BCUT2D eigenvalue weighted by molar-refractivity contribution is 0.100. The van der Waals surface area contributed by atoms with Gasteiger partial charge in [-0.2, -0.15) is 0 Å². The van der Waals surface area contributed by atoms with Gasteiger partial charge in [0, 0.05) is 4.88 Å². The molecule has 0 unspecified atom stereocenters. The van der Waals surface area contributed by atoms with E-state index in [4.69, 9.17) is 5.73 Å². The molecule has 1 heterocycles. The zero-order valence-corrected chi connectivity index (χ0v) is 6.57. The Kier molecular flexibility index (Phi) is 2.19. The van der Waals surface area contributed by atoms with Crippen molar-refractivity contribution >= 4 is 17.1 Å². The first-order valence-corrected chi connectivity index (χ1v) is 3.85. The predicted octanol–water partition coefficient (Wildman–Crippen LogP) is 1.20. The summed E-state index contributed by atoms with van der Waals surface area (Å²) >= 11 is 1.49. The second-order valence-electron chi connectivity index (χ2n) is 2.04. The summed E-state index contributed by atoms with van der Waals surface area (Å²) < 4.78 is 0. The van der Waals surface area contributed by atoms with Gasteiger partial charge in [-0.3, -0.25) is 4.79 Å². The van der Waals surface area contributed by atoms with Crippen LogP contribution in [0.2, 0.25) is 0 Å². The highest BCUT2D eigenvalue weighted by Gasteiger charge is 2.03. The van der Waals surface area contributed by atoms with E-state index in [1.807, 2.05) is 19.1 Å². The fraction of sp³-hybridized carbons (Fsp3) is 0.286.